The summed E-state index contributed by atoms with van der Waals surface area (Å²) in [6.07, 6.45) is 2.15. The van der Waals surface area contributed by atoms with Crippen LogP contribution in [0.3, 0.4) is 0 Å². The van der Waals surface area contributed by atoms with E-state index in [0.29, 0.717) is 12.1 Å². The van der Waals surface area contributed by atoms with E-state index >= 15 is 0 Å². The number of likely N-dealkylation sites (tertiary alicyclic amines) is 1. The molecule has 41 heavy (non-hydrogen) atoms. The molecule has 9 nitrogen and oxygen atoms in total. The van der Waals surface area contributed by atoms with Crippen molar-refractivity contribution in [2.45, 2.75) is 75.5 Å². The molecule has 230 valence electrons. The molecule has 2 saturated carbocycles. The molecule has 0 spiro atoms. The van der Waals surface area contributed by atoms with Crippen molar-refractivity contribution in [3.63, 3.8) is 0 Å². The maximum absolute atomic E-state index is 11.4. The lowest BCUT2D eigenvalue weighted by molar-refractivity contribution is -0.192. The maximum Gasteiger partial charge on any atom is 0.490 e. The molecule has 4 rings (SSSR count). The van der Waals surface area contributed by atoms with Crippen LogP contribution in [0.2, 0.25) is 0 Å². The van der Waals surface area contributed by atoms with Crippen LogP contribution in [0, 0.1) is 11.8 Å². The number of unbranched alkanes of at least 4 members (excludes halogenated alkanes) is 1. The average molecular weight is 604 g/mol. The second kappa shape index (κ2) is 13.9. The molecule has 2 aliphatic carbocycles. The van der Waals surface area contributed by atoms with Gasteiger partial charge >= 0.3 is 18.1 Å². The van der Waals surface area contributed by atoms with Crippen molar-refractivity contribution in [2.24, 2.45) is 11.8 Å². The topological polar surface area (TPSA) is 120 Å². The third-order valence-corrected chi connectivity index (χ3v) is 8.69. The molecule has 0 bridgehead atoms. The van der Waals surface area contributed by atoms with Gasteiger partial charge in [0.05, 0.1) is 20.1 Å². The molecular weight excluding hydrogens is 563 g/mol. The molecule has 4 N–H and O–H groups in total. The molecule has 0 amide bonds. The molecule has 2 unspecified atom stereocenters. The predicted molar refractivity (Wildman–Crippen MR) is 150 cm³/mol. The molecule has 3 fully saturated rings. The lowest BCUT2D eigenvalue weighted by Crippen LogP contribution is -2.54. The Balaban J connectivity index is 0.000000587. The number of benzene rings is 1. The monoisotopic (exact) mass is 603 g/mol. The summed E-state index contributed by atoms with van der Waals surface area (Å²) in [6, 6.07) is 7.01. The number of alkyl halides is 3. The van der Waals surface area contributed by atoms with Crippen LogP contribution < -0.4 is 20.1 Å². The Hall–Kier alpha value is -2.80. The second-order valence-electron chi connectivity index (χ2n) is 11.0. The van der Waals surface area contributed by atoms with Gasteiger partial charge in [-0.1, -0.05) is 19.4 Å². The number of aliphatic carboxylic acids is 2. The number of rotatable bonds is 10. The minimum atomic E-state index is -5.08. The van der Waals surface area contributed by atoms with Gasteiger partial charge in [0.2, 0.25) is 0 Å². The Morgan fingerprint density at radius 1 is 1.15 bits per heavy atom. The highest BCUT2D eigenvalue weighted by atomic mass is 32.1. The summed E-state index contributed by atoms with van der Waals surface area (Å²) in [5.41, 5.74) is 1.33. The zero-order valence-electron chi connectivity index (χ0n) is 23.6. The van der Waals surface area contributed by atoms with Crippen molar-refractivity contribution in [1.29, 1.82) is 0 Å². The van der Waals surface area contributed by atoms with Crippen LogP contribution in [0.5, 0.6) is 11.5 Å². The van der Waals surface area contributed by atoms with Crippen molar-refractivity contribution in [3.05, 3.63) is 23.8 Å². The number of ether oxygens (including phenoxy) is 2. The number of hydrogen-bond acceptors (Lipinski definition) is 6. The Morgan fingerprint density at radius 2 is 1.83 bits per heavy atom. The summed E-state index contributed by atoms with van der Waals surface area (Å²) < 4.78 is 42.9. The zero-order valence-corrected chi connectivity index (χ0v) is 24.4. The number of carboxylic acid groups (broad SMARTS) is 2. The lowest BCUT2D eigenvalue weighted by atomic mass is 9.65. The molecule has 1 aromatic rings. The van der Waals surface area contributed by atoms with Crippen LogP contribution in [-0.4, -0.2) is 84.3 Å². The minimum absolute atomic E-state index is 0.0304. The standard InChI is InChI=1S/C26H39N3O4S.C2HF3O2/c1-4-5-11-27-25(34)28-19-8-9-26(18-6-7-21(32-2)22(14-18)33-3)10-12-29(23(26)15-19)16-17-13-20(17)24(30)31;3-2(4,5)1(6)7/h6-7,14,17,19-20,23H,4-5,8-13,15-16H2,1-3H3,(H,30,31)(H2,27,28,34);(H,6,7)/t17?,19-,20?,23+,26+;/m1./s1. The summed E-state index contributed by atoms with van der Waals surface area (Å²) in [4.78, 5) is 22.9. The fraction of sp³-hybridized carbons (Fsp3) is 0.679. The first kappa shape index (κ1) is 32.7. The first-order chi connectivity index (χ1) is 19.4. The third kappa shape index (κ3) is 8.15. The van der Waals surface area contributed by atoms with Gasteiger partial charge in [0, 0.05) is 30.6 Å². The van der Waals surface area contributed by atoms with Crippen LogP contribution in [0.1, 0.15) is 57.4 Å². The number of fused-ring (bicyclic) bond motifs is 1. The minimum Gasteiger partial charge on any atom is -0.493 e. The van der Waals surface area contributed by atoms with E-state index in [1.165, 1.54) is 5.56 Å². The van der Waals surface area contributed by atoms with Gasteiger partial charge in [-0.2, -0.15) is 13.2 Å². The highest BCUT2D eigenvalue weighted by Crippen LogP contribution is 2.52. The highest BCUT2D eigenvalue weighted by Gasteiger charge is 2.54. The van der Waals surface area contributed by atoms with Crippen LogP contribution >= 0.6 is 12.2 Å². The highest BCUT2D eigenvalue weighted by molar-refractivity contribution is 7.80. The number of hydrogen-bond donors (Lipinski definition) is 4. The van der Waals surface area contributed by atoms with Gasteiger partial charge in [-0.25, -0.2) is 4.79 Å². The maximum atomic E-state index is 11.4. The third-order valence-electron chi connectivity index (χ3n) is 8.43. The fourth-order valence-corrected chi connectivity index (χ4v) is 6.41. The van der Waals surface area contributed by atoms with Crippen LogP contribution in [0.4, 0.5) is 13.2 Å². The number of halogens is 3. The Bertz CT molecular complexity index is 1090. The fourth-order valence-electron chi connectivity index (χ4n) is 6.15. The average Bonchev–Trinajstić information content (AvgIpc) is 3.62. The van der Waals surface area contributed by atoms with Crippen LogP contribution in [0.25, 0.3) is 0 Å². The van der Waals surface area contributed by atoms with Crippen molar-refractivity contribution < 1.29 is 42.4 Å². The Labute approximate surface area is 243 Å². The SMILES string of the molecule is CCCCNC(=S)N[C@@H]1CC[C@@]2(c3ccc(OC)c(OC)c3)CCN(CC3CC3C(=O)O)[C@H]2C1.O=C(O)C(F)(F)F. The molecule has 0 aromatic heterocycles. The molecule has 1 aromatic carbocycles. The van der Waals surface area contributed by atoms with Crippen molar-refractivity contribution in [1.82, 2.24) is 15.5 Å². The van der Waals surface area contributed by atoms with E-state index in [9.17, 15) is 23.1 Å². The van der Waals surface area contributed by atoms with E-state index in [1.54, 1.807) is 14.2 Å². The molecule has 13 heteroatoms. The van der Waals surface area contributed by atoms with E-state index in [0.717, 1.165) is 81.2 Å². The smallest absolute Gasteiger partial charge is 0.490 e. The first-order valence-corrected chi connectivity index (χ1v) is 14.3. The molecule has 3 aliphatic rings. The number of methoxy groups -OCH3 is 2. The molecule has 1 aliphatic heterocycles. The van der Waals surface area contributed by atoms with Crippen LogP contribution in [0.15, 0.2) is 18.2 Å². The van der Waals surface area contributed by atoms with E-state index in [2.05, 4.69) is 34.6 Å². The van der Waals surface area contributed by atoms with Gasteiger partial charge in [-0.3, -0.25) is 9.69 Å². The normalized spacial score (nSPS) is 27.1. The van der Waals surface area contributed by atoms with Gasteiger partial charge in [-0.15, -0.1) is 0 Å². The molecule has 1 saturated heterocycles. The van der Waals surface area contributed by atoms with Gasteiger partial charge < -0.3 is 30.3 Å². The lowest BCUT2D eigenvalue weighted by Gasteiger charge is -2.46. The summed E-state index contributed by atoms with van der Waals surface area (Å²) in [5.74, 6) is -1.81. The molecule has 1 heterocycles. The van der Waals surface area contributed by atoms with Crippen molar-refractivity contribution in [2.75, 3.05) is 33.9 Å². The van der Waals surface area contributed by atoms with E-state index < -0.39 is 18.1 Å². The summed E-state index contributed by atoms with van der Waals surface area (Å²) in [5, 5.41) is 24.2. The van der Waals surface area contributed by atoms with E-state index in [4.69, 9.17) is 31.6 Å². The Morgan fingerprint density at radius 3 is 2.39 bits per heavy atom. The van der Waals surface area contributed by atoms with Crippen molar-refractivity contribution in [3.8, 4) is 11.5 Å². The number of carboxylic acids is 2. The quantitative estimate of drug-likeness (QED) is 0.229. The largest absolute Gasteiger partial charge is 0.493 e. The number of carbonyl (C=O) groups is 2. The van der Waals surface area contributed by atoms with Crippen molar-refractivity contribution >= 4 is 29.3 Å². The first-order valence-electron chi connectivity index (χ1n) is 13.9. The second-order valence-corrected chi connectivity index (χ2v) is 11.4. The predicted octanol–water partition coefficient (Wildman–Crippen LogP) is 4.19. The number of nitrogens with zero attached hydrogens (tertiary/aromatic N) is 1. The molecule has 0 radical (unpaired) electrons. The molecular formula is C28H40F3N3O6S. The summed E-state index contributed by atoms with van der Waals surface area (Å²) >= 11 is 5.57. The summed E-state index contributed by atoms with van der Waals surface area (Å²) in [6.45, 7) is 4.94. The van der Waals surface area contributed by atoms with E-state index in [1.807, 2.05) is 6.07 Å². The molecule has 5 atom stereocenters. The van der Waals surface area contributed by atoms with Gasteiger partial charge in [0.15, 0.2) is 16.6 Å². The Kier molecular flexibility index (Phi) is 11.1. The zero-order chi connectivity index (χ0) is 30.4. The van der Waals surface area contributed by atoms with E-state index in [-0.39, 0.29) is 17.3 Å². The summed E-state index contributed by atoms with van der Waals surface area (Å²) in [7, 11) is 3.35. The van der Waals surface area contributed by atoms with Gasteiger partial charge in [-0.05, 0) is 80.9 Å². The van der Waals surface area contributed by atoms with Gasteiger partial charge in [0.1, 0.15) is 0 Å². The van der Waals surface area contributed by atoms with Crippen LogP contribution in [-0.2, 0) is 15.0 Å². The number of thiocarbonyl (C=S) groups is 1. The number of nitrogens with one attached hydrogen (secondary N) is 2. The van der Waals surface area contributed by atoms with Gasteiger partial charge in [0.25, 0.3) is 0 Å².